The highest BCUT2D eigenvalue weighted by Crippen LogP contribution is 2.34. The zero-order valence-electron chi connectivity index (χ0n) is 12.6. The van der Waals surface area contributed by atoms with E-state index in [1.54, 1.807) is 0 Å². The van der Waals surface area contributed by atoms with E-state index < -0.39 is 6.29 Å². The van der Waals surface area contributed by atoms with E-state index in [1.165, 1.54) is 0 Å². The number of fused-ring (bicyclic) bond motifs is 1. The Balaban J connectivity index is 2.10. The summed E-state index contributed by atoms with van der Waals surface area (Å²) in [6.45, 7) is 8.18. The van der Waals surface area contributed by atoms with Gasteiger partial charge in [-0.25, -0.2) is 0 Å². The molecular weight excluding hydrogens is 270 g/mol. The van der Waals surface area contributed by atoms with Gasteiger partial charge in [0.1, 0.15) is 0 Å². The van der Waals surface area contributed by atoms with Gasteiger partial charge in [0.15, 0.2) is 6.29 Å². The molecule has 2 rings (SSSR count). The number of ether oxygens (including phenoxy) is 2. The highest BCUT2D eigenvalue weighted by Gasteiger charge is 2.36. The molecule has 3 atom stereocenters. The van der Waals surface area contributed by atoms with Crippen LogP contribution in [0.2, 0.25) is 0 Å². The van der Waals surface area contributed by atoms with Crippen LogP contribution in [0.15, 0.2) is 40.6 Å². The molecule has 1 aliphatic carbocycles. The summed E-state index contributed by atoms with van der Waals surface area (Å²) in [5, 5.41) is 21.9. The zero-order valence-corrected chi connectivity index (χ0v) is 12.6. The van der Waals surface area contributed by atoms with Crippen molar-refractivity contribution in [3.63, 3.8) is 0 Å². The van der Waals surface area contributed by atoms with Gasteiger partial charge in [0.2, 0.25) is 0 Å². The minimum atomic E-state index is -0.454. The van der Waals surface area contributed by atoms with E-state index in [2.05, 4.69) is 11.7 Å². The summed E-state index contributed by atoms with van der Waals surface area (Å²) >= 11 is 0. The number of hydrogen-bond acceptors (Lipinski definition) is 5. The predicted octanol–water partition coefficient (Wildman–Crippen LogP) is 2.41. The number of nitrogens with zero attached hydrogens (tertiary/aromatic N) is 1. The molecule has 3 unspecified atom stereocenters. The van der Waals surface area contributed by atoms with E-state index in [9.17, 15) is 5.11 Å². The molecule has 0 saturated carbocycles. The summed E-state index contributed by atoms with van der Waals surface area (Å²) in [7, 11) is 0. The molecule has 0 amide bonds. The Bertz CT molecular complexity index is 493. The fraction of sp³-hybridized carbons (Fsp3) is 0.562. The molecule has 0 saturated heterocycles. The number of aliphatic hydroxyl groups is 1. The van der Waals surface area contributed by atoms with E-state index in [0.717, 1.165) is 23.1 Å². The molecule has 0 radical (unpaired) electrons. The van der Waals surface area contributed by atoms with Crippen molar-refractivity contribution < 1.29 is 19.8 Å². The quantitative estimate of drug-likeness (QED) is 0.464. The zero-order chi connectivity index (χ0) is 15.4. The first-order valence-corrected chi connectivity index (χ1v) is 7.17. The third-order valence-electron chi connectivity index (χ3n) is 3.91. The highest BCUT2D eigenvalue weighted by atomic mass is 16.7. The third-order valence-corrected chi connectivity index (χ3v) is 3.91. The second kappa shape index (κ2) is 7.02. The lowest BCUT2D eigenvalue weighted by atomic mass is 9.80. The van der Waals surface area contributed by atoms with Crippen molar-refractivity contribution in [3.8, 4) is 0 Å². The van der Waals surface area contributed by atoms with Crippen molar-refractivity contribution in [2.45, 2.75) is 39.1 Å². The largest absolute Gasteiger partial charge is 0.411 e. The molecule has 1 heterocycles. The van der Waals surface area contributed by atoms with Gasteiger partial charge in [-0.1, -0.05) is 16.8 Å². The van der Waals surface area contributed by atoms with Crippen molar-refractivity contribution >= 4 is 5.71 Å². The summed E-state index contributed by atoms with van der Waals surface area (Å²) in [6, 6.07) is 0. The van der Waals surface area contributed by atoms with Crippen LogP contribution in [-0.4, -0.2) is 41.6 Å². The van der Waals surface area contributed by atoms with Crippen LogP contribution in [0, 0.1) is 5.92 Å². The number of allylic oxidation sites excluding steroid dienone is 1. The molecule has 2 N–H and O–H groups in total. The molecule has 5 heteroatoms. The normalized spacial score (nSPS) is 30.6. The molecule has 0 aromatic rings. The van der Waals surface area contributed by atoms with E-state index in [4.69, 9.17) is 14.7 Å². The number of aliphatic hydroxyl groups excluding tert-OH is 1. The van der Waals surface area contributed by atoms with Crippen molar-refractivity contribution in [1.29, 1.82) is 0 Å². The summed E-state index contributed by atoms with van der Waals surface area (Å²) < 4.78 is 11.6. The minimum absolute atomic E-state index is 0.00518. The van der Waals surface area contributed by atoms with E-state index in [1.807, 2.05) is 26.0 Å². The minimum Gasteiger partial charge on any atom is -0.411 e. The summed E-state index contributed by atoms with van der Waals surface area (Å²) in [5.41, 5.74) is 3.48. The molecule has 0 fully saturated rings. The van der Waals surface area contributed by atoms with Gasteiger partial charge in [-0.05, 0) is 37.5 Å². The van der Waals surface area contributed by atoms with Crippen molar-refractivity contribution in [1.82, 2.24) is 0 Å². The monoisotopic (exact) mass is 293 g/mol. The van der Waals surface area contributed by atoms with Crippen molar-refractivity contribution in [3.05, 3.63) is 35.5 Å². The Labute approximate surface area is 125 Å². The van der Waals surface area contributed by atoms with Gasteiger partial charge in [-0.3, -0.25) is 0 Å². The van der Waals surface area contributed by atoms with Gasteiger partial charge in [0, 0.05) is 12.3 Å². The predicted molar refractivity (Wildman–Crippen MR) is 80.3 cm³/mol. The highest BCUT2D eigenvalue weighted by molar-refractivity contribution is 6.00. The Hall–Kier alpha value is -1.43. The van der Waals surface area contributed by atoms with Crippen LogP contribution in [-0.2, 0) is 9.47 Å². The second-order valence-electron chi connectivity index (χ2n) is 5.65. The molecule has 21 heavy (non-hydrogen) atoms. The average molecular weight is 293 g/mol. The van der Waals surface area contributed by atoms with Crippen LogP contribution < -0.4 is 0 Å². The molecule has 2 aliphatic rings. The number of hydrogen-bond donors (Lipinski definition) is 2. The first-order valence-electron chi connectivity index (χ1n) is 7.17. The lowest BCUT2D eigenvalue weighted by molar-refractivity contribution is -0.148. The maximum Gasteiger partial charge on any atom is 0.177 e. The Morgan fingerprint density at radius 2 is 2.29 bits per heavy atom. The summed E-state index contributed by atoms with van der Waals surface area (Å²) in [4.78, 5) is 0. The van der Waals surface area contributed by atoms with Gasteiger partial charge in [0.05, 0.1) is 25.0 Å². The molecule has 116 valence electrons. The lowest BCUT2D eigenvalue weighted by Gasteiger charge is -2.37. The first kappa shape index (κ1) is 15.9. The van der Waals surface area contributed by atoms with Crippen LogP contribution >= 0.6 is 0 Å². The van der Waals surface area contributed by atoms with Gasteiger partial charge < -0.3 is 19.8 Å². The van der Waals surface area contributed by atoms with Crippen LogP contribution in [0.3, 0.4) is 0 Å². The molecular formula is C16H23NO4. The van der Waals surface area contributed by atoms with E-state index in [0.29, 0.717) is 18.7 Å². The summed E-state index contributed by atoms with van der Waals surface area (Å²) in [6.07, 6.45) is 4.49. The maximum absolute atomic E-state index is 9.57. The number of oxime groups is 1. The fourth-order valence-corrected chi connectivity index (χ4v) is 2.64. The topological polar surface area (TPSA) is 71.3 Å². The lowest BCUT2D eigenvalue weighted by Crippen LogP contribution is -2.39. The summed E-state index contributed by atoms with van der Waals surface area (Å²) in [5.74, 6) is 0.00518. The van der Waals surface area contributed by atoms with Crippen molar-refractivity contribution in [2.24, 2.45) is 11.1 Å². The fourth-order valence-electron chi connectivity index (χ4n) is 2.64. The molecule has 0 aromatic heterocycles. The van der Waals surface area contributed by atoms with Crippen LogP contribution in [0.4, 0.5) is 0 Å². The standard InChI is InChI=1S/C16H23NO4/c1-10(2)4-5-20-16-7-12(9-18)13-8-14(17-19)11(3)6-15(13)21-16/h6-7,13,15-16,18-19H,1,4-5,8-9H2,2-3H3/b17-14-. The van der Waals surface area contributed by atoms with Gasteiger partial charge in [0.25, 0.3) is 0 Å². The molecule has 0 aromatic carbocycles. The average Bonchev–Trinajstić information content (AvgIpc) is 2.45. The second-order valence-corrected chi connectivity index (χ2v) is 5.65. The third kappa shape index (κ3) is 3.81. The van der Waals surface area contributed by atoms with Crippen LogP contribution in [0.5, 0.6) is 0 Å². The Kier molecular flexibility index (Phi) is 5.33. The molecule has 1 aliphatic heterocycles. The van der Waals surface area contributed by atoms with Gasteiger partial charge in [-0.2, -0.15) is 0 Å². The Morgan fingerprint density at radius 1 is 1.52 bits per heavy atom. The first-order chi connectivity index (χ1) is 10.0. The molecule has 0 spiro atoms. The smallest absolute Gasteiger partial charge is 0.177 e. The van der Waals surface area contributed by atoms with E-state index >= 15 is 0 Å². The SMILES string of the molecule is C=C(C)CCOC1C=C(CO)C2C/C(=N/O)C(C)=CC2O1. The van der Waals surface area contributed by atoms with Crippen LogP contribution in [0.1, 0.15) is 26.7 Å². The molecule has 5 nitrogen and oxygen atoms in total. The molecule has 0 bridgehead atoms. The number of rotatable bonds is 5. The maximum atomic E-state index is 9.57. The van der Waals surface area contributed by atoms with Gasteiger partial charge in [-0.15, -0.1) is 6.58 Å². The van der Waals surface area contributed by atoms with E-state index in [-0.39, 0.29) is 18.6 Å². The van der Waals surface area contributed by atoms with Gasteiger partial charge >= 0.3 is 0 Å². The Morgan fingerprint density at radius 3 is 2.90 bits per heavy atom. The van der Waals surface area contributed by atoms with Crippen LogP contribution in [0.25, 0.3) is 0 Å². The van der Waals surface area contributed by atoms with Crippen molar-refractivity contribution in [2.75, 3.05) is 13.2 Å².